The molecule has 3 aromatic rings. The maximum atomic E-state index is 12.9. The van der Waals surface area contributed by atoms with Gasteiger partial charge < -0.3 is 19.4 Å². The van der Waals surface area contributed by atoms with Gasteiger partial charge in [-0.25, -0.2) is 4.98 Å². The molecule has 1 aliphatic rings. The van der Waals surface area contributed by atoms with Crippen LogP contribution in [-0.2, 0) is 16.2 Å². The number of para-hydroxylation sites is 2. The highest BCUT2D eigenvalue weighted by molar-refractivity contribution is 6.30. The minimum absolute atomic E-state index is 0.0957. The number of carbonyl (C=O) groups excluding carboxylic acids is 2. The fourth-order valence-corrected chi connectivity index (χ4v) is 3.93. The summed E-state index contributed by atoms with van der Waals surface area (Å²) in [5.74, 6) is 0.905. The molecule has 2 amide bonds. The number of hydrogen-bond donors (Lipinski definition) is 1. The number of anilines is 1. The minimum Gasteiger partial charge on any atom is -0.482 e. The molecule has 2 heterocycles. The summed E-state index contributed by atoms with van der Waals surface area (Å²) in [6, 6.07) is 14.5. The van der Waals surface area contributed by atoms with Crippen LogP contribution in [0.1, 0.15) is 18.7 Å². The molecule has 0 saturated carbocycles. The lowest BCUT2D eigenvalue weighted by atomic mass is 9.97. The van der Waals surface area contributed by atoms with Crippen LogP contribution in [0.15, 0.2) is 71.8 Å². The van der Waals surface area contributed by atoms with Crippen LogP contribution < -0.4 is 10.1 Å². The van der Waals surface area contributed by atoms with Gasteiger partial charge in [0.2, 0.25) is 17.7 Å². The van der Waals surface area contributed by atoms with E-state index in [1.54, 1.807) is 35.4 Å². The number of halogens is 1. The summed E-state index contributed by atoms with van der Waals surface area (Å²) < 4.78 is 11.7. The Hall–Kier alpha value is -3.58. The van der Waals surface area contributed by atoms with Crippen molar-refractivity contribution >= 4 is 29.1 Å². The maximum Gasteiger partial charge on any atom is 0.245 e. The van der Waals surface area contributed by atoms with E-state index in [2.05, 4.69) is 16.9 Å². The molecule has 0 aliphatic carbocycles. The number of oxazole rings is 1. The lowest BCUT2D eigenvalue weighted by molar-refractivity contribution is -0.130. The van der Waals surface area contributed by atoms with Crippen molar-refractivity contribution < 1.29 is 18.7 Å². The lowest BCUT2D eigenvalue weighted by Crippen LogP contribution is -2.43. The number of hydrogen-bond acceptors (Lipinski definition) is 5. The summed E-state index contributed by atoms with van der Waals surface area (Å²) in [4.78, 5) is 30.7. The van der Waals surface area contributed by atoms with Crippen molar-refractivity contribution in [1.82, 2.24) is 9.88 Å². The Kier molecular flexibility index (Phi) is 7.10. The monoisotopic (exact) mass is 465 g/mol. The second-order valence-electron chi connectivity index (χ2n) is 7.73. The number of likely N-dealkylation sites (tertiary alicyclic amines) is 1. The van der Waals surface area contributed by atoms with E-state index in [0.29, 0.717) is 41.2 Å². The number of nitrogens with zero attached hydrogens (tertiary/aromatic N) is 2. The average molecular weight is 466 g/mol. The van der Waals surface area contributed by atoms with E-state index in [1.165, 1.54) is 6.08 Å². The van der Waals surface area contributed by atoms with Crippen LogP contribution in [0.4, 0.5) is 5.69 Å². The van der Waals surface area contributed by atoms with E-state index < -0.39 is 0 Å². The summed E-state index contributed by atoms with van der Waals surface area (Å²) in [5.41, 5.74) is 1.38. The SMILES string of the molecule is C=CC(=O)N1CCC[C@@H](C(=O)Nc2ccccc2OCc2ncc(-c3cccc(Cl)c3)o2)C1. The molecule has 0 bridgehead atoms. The highest BCUT2D eigenvalue weighted by atomic mass is 35.5. The highest BCUT2D eigenvalue weighted by Crippen LogP contribution is 2.28. The second kappa shape index (κ2) is 10.4. The fourth-order valence-electron chi connectivity index (χ4n) is 3.74. The number of nitrogens with one attached hydrogen (secondary N) is 1. The molecule has 4 rings (SSSR count). The Balaban J connectivity index is 1.39. The first-order chi connectivity index (χ1) is 16.0. The maximum absolute atomic E-state index is 12.9. The van der Waals surface area contributed by atoms with Gasteiger partial charge in [-0.15, -0.1) is 0 Å². The molecule has 33 heavy (non-hydrogen) atoms. The molecule has 1 saturated heterocycles. The van der Waals surface area contributed by atoms with Gasteiger partial charge in [0, 0.05) is 23.7 Å². The summed E-state index contributed by atoms with van der Waals surface area (Å²) in [6.45, 7) is 4.64. The minimum atomic E-state index is -0.289. The predicted octanol–water partition coefficient (Wildman–Crippen LogP) is 4.94. The van der Waals surface area contributed by atoms with E-state index in [1.807, 2.05) is 24.3 Å². The van der Waals surface area contributed by atoms with E-state index >= 15 is 0 Å². The summed E-state index contributed by atoms with van der Waals surface area (Å²) in [6.07, 6.45) is 4.40. The quantitative estimate of drug-likeness (QED) is 0.500. The molecule has 2 aromatic carbocycles. The number of benzene rings is 2. The highest BCUT2D eigenvalue weighted by Gasteiger charge is 2.28. The van der Waals surface area contributed by atoms with Gasteiger partial charge in [-0.2, -0.15) is 0 Å². The molecule has 0 radical (unpaired) electrons. The third-order valence-corrected chi connectivity index (χ3v) is 5.67. The topological polar surface area (TPSA) is 84.7 Å². The first-order valence-electron chi connectivity index (χ1n) is 10.7. The average Bonchev–Trinajstić information content (AvgIpc) is 3.32. The summed E-state index contributed by atoms with van der Waals surface area (Å²) >= 11 is 6.04. The Morgan fingerprint density at radius 3 is 2.94 bits per heavy atom. The number of rotatable bonds is 7. The van der Waals surface area contributed by atoms with Crippen LogP contribution in [0.2, 0.25) is 5.02 Å². The van der Waals surface area contributed by atoms with E-state index in [9.17, 15) is 9.59 Å². The van der Waals surface area contributed by atoms with Crippen molar-refractivity contribution in [1.29, 1.82) is 0 Å². The zero-order chi connectivity index (χ0) is 23.2. The summed E-state index contributed by atoms with van der Waals surface area (Å²) in [5, 5.41) is 3.55. The van der Waals surface area contributed by atoms with Gasteiger partial charge in [0.25, 0.3) is 0 Å². The molecule has 1 aliphatic heterocycles. The molecule has 1 N–H and O–H groups in total. The van der Waals surface area contributed by atoms with Crippen LogP contribution in [0.3, 0.4) is 0 Å². The first kappa shape index (κ1) is 22.6. The van der Waals surface area contributed by atoms with E-state index in [-0.39, 0.29) is 24.3 Å². The predicted molar refractivity (Wildman–Crippen MR) is 126 cm³/mol. The molecule has 8 heteroatoms. The molecule has 7 nitrogen and oxygen atoms in total. The van der Waals surface area contributed by atoms with Crippen LogP contribution in [0, 0.1) is 5.92 Å². The molecule has 1 atom stereocenters. The molecule has 0 unspecified atom stereocenters. The smallest absolute Gasteiger partial charge is 0.245 e. The number of aromatic nitrogens is 1. The van der Waals surface area contributed by atoms with Crippen LogP contribution in [0.25, 0.3) is 11.3 Å². The molecule has 1 fully saturated rings. The zero-order valence-corrected chi connectivity index (χ0v) is 18.8. The van der Waals surface area contributed by atoms with Crippen LogP contribution >= 0.6 is 11.6 Å². The second-order valence-corrected chi connectivity index (χ2v) is 8.17. The van der Waals surface area contributed by atoms with Crippen molar-refractivity contribution in [2.75, 3.05) is 18.4 Å². The third-order valence-electron chi connectivity index (χ3n) is 5.44. The Morgan fingerprint density at radius 2 is 2.12 bits per heavy atom. The first-order valence-corrected chi connectivity index (χ1v) is 11.1. The van der Waals surface area contributed by atoms with Crippen molar-refractivity contribution in [3.8, 4) is 17.1 Å². The Labute approximate surface area is 197 Å². The third kappa shape index (κ3) is 5.62. The zero-order valence-electron chi connectivity index (χ0n) is 18.0. The van der Waals surface area contributed by atoms with Gasteiger partial charge in [-0.1, -0.05) is 42.4 Å². The molecule has 170 valence electrons. The standard InChI is InChI=1S/C25H24ClN3O4/c1-2-24(30)29-12-6-8-18(15-29)25(31)28-20-10-3-4-11-21(20)32-16-23-27-14-22(33-23)17-7-5-9-19(26)13-17/h2-5,7,9-11,13-14,18H,1,6,8,12,15-16H2,(H,28,31)/t18-/m1/s1. The van der Waals surface area contributed by atoms with Crippen molar-refractivity contribution in [2.45, 2.75) is 19.4 Å². The Morgan fingerprint density at radius 1 is 1.27 bits per heavy atom. The van der Waals surface area contributed by atoms with Crippen LogP contribution in [0.5, 0.6) is 5.75 Å². The Bertz CT molecular complexity index is 1160. The van der Waals surface area contributed by atoms with Gasteiger partial charge in [0.05, 0.1) is 17.8 Å². The van der Waals surface area contributed by atoms with Crippen LogP contribution in [-0.4, -0.2) is 34.8 Å². The fraction of sp³-hybridized carbons (Fsp3) is 0.240. The largest absolute Gasteiger partial charge is 0.482 e. The van der Waals surface area contributed by atoms with Crippen molar-refractivity contribution in [2.24, 2.45) is 5.92 Å². The molecular weight excluding hydrogens is 442 g/mol. The van der Waals surface area contributed by atoms with Crippen molar-refractivity contribution in [3.05, 3.63) is 78.3 Å². The number of amides is 2. The van der Waals surface area contributed by atoms with E-state index in [4.69, 9.17) is 20.8 Å². The summed E-state index contributed by atoms with van der Waals surface area (Å²) in [7, 11) is 0. The van der Waals surface area contributed by atoms with Crippen molar-refractivity contribution in [3.63, 3.8) is 0 Å². The molecule has 0 spiro atoms. The normalized spacial score (nSPS) is 15.7. The van der Waals surface area contributed by atoms with Gasteiger partial charge >= 0.3 is 0 Å². The van der Waals surface area contributed by atoms with Gasteiger partial charge in [0.15, 0.2) is 12.4 Å². The van der Waals surface area contributed by atoms with Gasteiger partial charge in [-0.05, 0) is 43.2 Å². The molecule has 1 aromatic heterocycles. The number of carbonyl (C=O) groups is 2. The molecular formula is C25H24ClN3O4. The number of ether oxygens (including phenoxy) is 1. The number of piperidine rings is 1. The van der Waals surface area contributed by atoms with E-state index in [0.717, 1.165) is 18.4 Å². The van der Waals surface area contributed by atoms with Gasteiger partial charge in [0.1, 0.15) is 5.75 Å². The lowest BCUT2D eigenvalue weighted by Gasteiger charge is -2.31. The van der Waals surface area contributed by atoms with Gasteiger partial charge in [-0.3, -0.25) is 9.59 Å².